The molecule has 0 spiro atoms. The van der Waals surface area contributed by atoms with Crippen LogP contribution < -0.4 is 9.47 Å². The van der Waals surface area contributed by atoms with E-state index in [1.807, 2.05) is 6.92 Å². The van der Waals surface area contributed by atoms with Crippen LogP contribution >= 0.6 is 0 Å². The standard InChI is InChI=1S/C13H14N2O5/c1-3-11-14-15-12(20-11)7-19-10-6-8(13(16)17)4-5-9(10)18-2/h4-6H,3,7H2,1-2H3,(H,16,17). The molecule has 1 N–H and O–H groups in total. The number of carboxylic acids is 1. The molecule has 7 nitrogen and oxygen atoms in total. The van der Waals surface area contributed by atoms with Crippen LogP contribution in [0.4, 0.5) is 0 Å². The van der Waals surface area contributed by atoms with Crippen molar-refractivity contribution in [3.05, 3.63) is 35.5 Å². The zero-order valence-electron chi connectivity index (χ0n) is 11.1. The van der Waals surface area contributed by atoms with Gasteiger partial charge in [0.15, 0.2) is 18.1 Å². The van der Waals surface area contributed by atoms with Crippen LogP contribution in [0.15, 0.2) is 22.6 Å². The molecular formula is C13H14N2O5. The Balaban J connectivity index is 2.14. The zero-order valence-corrected chi connectivity index (χ0v) is 11.1. The summed E-state index contributed by atoms with van der Waals surface area (Å²) in [5, 5.41) is 16.6. The van der Waals surface area contributed by atoms with Gasteiger partial charge in [0.05, 0.1) is 12.7 Å². The van der Waals surface area contributed by atoms with Crippen LogP contribution in [0.5, 0.6) is 11.5 Å². The minimum absolute atomic E-state index is 0.0480. The monoisotopic (exact) mass is 278 g/mol. The number of hydrogen-bond acceptors (Lipinski definition) is 6. The van der Waals surface area contributed by atoms with E-state index < -0.39 is 5.97 Å². The Hall–Kier alpha value is -2.57. The van der Waals surface area contributed by atoms with Crippen molar-refractivity contribution in [1.29, 1.82) is 0 Å². The molecule has 106 valence electrons. The molecule has 0 aliphatic heterocycles. The number of ether oxygens (including phenoxy) is 2. The molecule has 1 aromatic carbocycles. The number of aromatic nitrogens is 2. The van der Waals surface area contributed by atoms with Gasteiger partial charge in [-0.1, -0.05) is 6.92 Å². The largest absolute Gasteiger partial charge is 0.493 e. The summed E-state index contributed by atoms with van der Waals surface area (Å²) >= 11 is 0. The first-order chi connectivity index (χ1) is 9.63. The van der Waals surface area contributed by atoms with Crippen LogP contribution in [0.1, 0.15) is 29.1 Å². The van der Waals surface area contributed by atoms with Gasteiger partial charge in [-0.25, -0.2) is 4.79 Å². The average molecular weight is 278 g/mol. The highest BCUT2D eigenvalue weighted by atomic mass is 16.5. The fourth-order valence-electron chi connectivity index (χ4n) is 1.55. The number of benzene rings is 1. The van der Waals surface area contributed by atoms with Crippen molar-refractivity contribution in [1.82, 2.24) is 10.2 Å². The Morgan fingerprint density at radius 3 is 2.65 bits per heavy atom. The lowest BCUT2D eigenvalue weighted by atomic mass is 10.2. The third kappa shape index (κ3) is 3.05. The predicted molar refractivity (Wildman–Crippen MR) is 68.0 cm³/mol. The quantitative estimate of drug-likeness (QED) is 0.862. The first kappa shape index (κ1) is 13.9. The Kier molecular flexibility index (Phi) is 4.19. The highest BCUT2D eigenvalue weighted by molar-refractivity contribution is 5.88. The van der Waals surface area contributed by atoms with Crippen molar-refractivity contribution in [3.63, 3.8) is 0 Å². The van der Waals surface area contributed by atoms with E-state index in [0.29, 0.717) is 29.7 Å². The molecule has 0 aliphatic carbocycles. The molecule has 0 radical (unpaired) electrons. The van der Waals surface area contributed by atoms with Crippen molar-refractivity contribution in [2.24, 2.45) is 0 Å². The van der Waals surface area contributed by atoms with Crippen LogP contribution in [0.3, 0.4) is 0 Å². The van der Waals surface area contributed by atoms with E-state index in [9.17, 15) is 4.79 Å². The van der Waals surface area contributed by atoms with Crippen LogP contribution in [0.2, 0.25) is 0 Å². The summed E-state index contributed by atoms with van der Waals surface area (Å²) in [4.78, 5) is 10.9. The summed E-state index contributed by atoms with van der Waals surface area (Å²) in [5.74, 6) is 0.553. The maximum absolute atomic E-state index is 10.9. The highest BCUT2D eigenvalue weighted by Crippen LogP contribution is 2.28. The molecule has 20 heavy (non-hydrogen) atoms. The molecular weight excluding hydrogens is 264 g/mol. The van der Waals surface area contributed by atoms with Crippen LogP contribution in [-0.4, -0.2) is 28.4 Å². The molecule has 2 rings (SSSR count). The molecule has 0 saturated carbocycles. The Morgan fingerprint density at radius 2 is 2.05 bits per heavy atom. The van der Waals surface area contributed by atoms with Crippen molar-refractivity contribution >= 4 is 5.97 Å². The second-order valence-corrected chi connectivity index (χ2v) is 3.90. The van der Waals surface area contributed by atoms with Gasteiger partial charge >= 0.3 is 5.97 Å². The van der Waals surface area contributed by atoms with Crippen molar-refractivity contribution in [3.8, 4) is 11.5 Å². The Bertz CT molecular complexity index is 609. The van der Waals surface area contributed by atoms with Crippen LogP contribution in [0, 0.1) is 0 Å². The molecule has 1 heterocycles. The lowest BCUT2D eigenvalue weighted by molar-refractivity contribution is 0.0696. The summed E-state index contributed by atoms with van der Waals surface area (Å²) in [7, 11) is 1.48. The van der Waals surface area contributed by atoms with Gasteiger partial charge in [-0.2, -0.15) is 0 Å². The summed E-state index contributed by atoms with van der Waals surface area (Å²) < 4.78 is 15.9. The Labute approximate surface area is 115 Å². The topological polar surface area (TPSA) is 94.7 Å². The first-order valence-corrected chi connectivity index (χ1v) is 5.99. The van der Waals surface area contributed by atoms with Gasteiger partial charge < -0.3 is 19.0 Å². The molecule has 1 aromatic heterocycles. The van der Waals surface area contributed by atoms with E-state index in [1.54, 1.807) is 0 Å². The molecule has 2 aromatic rings. The summed E-state index contributed by atoms with van der Waals surface area (Å²) in [6.07, 6.45) is 0.644. The molecule has 0 amide bonds. The molecule has 0 bridgehead atoms. The van der Waals surface area contributed by atoms with E-state index in [1.165, 1.54) is 25.3 Å². The highest BCUT2D eigenvalue weighted by Gasteiger charge is 2.12. The van der Waals surface area contributed by atoms with E-state index in [4.69, 9.17) is 19.0 Å². The number of carboxylic acid groups (broad SMARTS) is 1. The number of methoxy groups -OCH3 is 1. The van der Waals surface area contributed by atoms with Gasteiger partial charge in [0.1, 0.15) is 0 Å². The third-order valence-electron chi connectivity index (χ3n) is 2.57. The van der Waals surface area contributed by atoms with E-state index in [0.717, 1.165) is 0 Å². The molecule has 0 unspecified atom stereocenters. The molecule has 0 aliphatic rings. The fourth-order valence-corrected chi connectivity index (χ4v) is 1.55. The van der Waals surface area contributed by atoms with Gasteiger partial charge in [-0.15, -0.1) is 10.2 Å². The lowest BCUT2D eigenvalue weighted by Gasteiger charge is -2.09. The number of nitrogens with zero attached hydrogens (tertiary/aromatic N) is 2. The SMILES string of the molecule is CCc1nnc(COc2cc(C(=O)O)ccc2OC)o1. The lowest BCUT2D eigenvalue weighted by Crippen LogP contribution is -2.01. The summed E-state index contributed by atoms with van der Waals surface area (Å²) in [6, 6.07) is 4.36. The second kappa shape index (κ2) is 6.05. The third-order valence-corrected chi connectivity index (χ3v) is 2.57. The predicted octanol–water partition coefficient (Wildman–Crippen LogP) is 1.92. The van der Waals surface area contributed by atoms with Gasteiger partial charge in [0, 0.05) is 6.42 Å². The maximum atomic E-state index is 10.9. The summed E-state index contributed by atoms with van der Waals surface area (Å²) in [6.45, 7) is 1.95. The number of hydrogen-bond donors (Lipinski definition) is 1. The fraction of sp³-hybridized carbons (Fsp3) is 0.308. The first-order valence-electron chi connectivity index (χ1n) is 5.99. The molecule has 0 atom stereocenters. The van der Waals surface area contributed by atoms with Gasteiger partial charge in [-0.3, -0.25) is 0 Å². The van der Waals surface area contributed by atoms with E-state index in [2.05, 4.69) is 10.2 Å². The smallest absolute Gasteiger partial charge is 0.335 e. The second-order valence-electron chi connectivity index (χ2n) is 3.90. The number of carbonyl (C=O) groups is 1. The van der Waals surface area contributed by atoms with E-state index >= 15 is 0 Å². The van der Waals surface area contributed by atoms with Crippen LogP contribution in [0.25, 0.3) is 0 Å². The zero-order chi connectivity index (χ0) is 14.5. The van der Waals surface area contributed by atoms with Crippen molar-refractivity contribution < 1.29 is 23.8 Å². The Morgan fingerprint density at radius 1 is 1.30 bits per heavy atom. The number of aryl methyl sites for hydroxylation is 1. The van der Waals surface area contributed by atoms with Crippen molar-refractivity contribution in [2.75, 3.05) is 7.11 Å². The van der Waals surface area contributed by atoms with Gasteiger partial charge in [0.25, 0.3) is 5.89 Å². The minimum Gasteiger partial charge on any atom is -0.493 e. The average Bonchev–Trinajstić information content (AvgIpc) is 2.92. The summed E-state index contributed by atoms with van der Waals surface area (Å²) in [5.41, 5.74) is 0.112. The number of rotatable bonds is 6. The minimum atomic E-state index is -1.04. The van der Waals surface area contributed by atoms with Gasteiger partial charge in [-0.05, 0) is 18.2 Å². The van der Waals surface area contributed by atoms with Crippen LogP contribution in [-0.2, 0) is 13.0 Å². The molecule has 7 heteroatoms. The number of aromatic carboxylic acids is 1. The molecule has 0 saturated heterocycles. The normalized spacial score (nSPS) is 10.3. The van der Waals surface area contributed by atoms with Gasteiger partial charge in [0.2, 0.25) is 5.89 Å². The maximum Gasteiger partial charge on any atom is 0.335 e. The van der Waals surface area contributed by atoms with E-state index in [-0.39, 0.29) is 12.2 Å². The molecule has 0 fully saturated rings. The van der Waals surface area contributed by atoms with Crippen molar-refractivity contribution in [2.45, 2.75) is 20.0 Å².